The van der Waals surface area contributed by atoms with Crippen LogP contribution < -0.4 is 15.4 Å². The number of anilines is 3. The van der Waals surface area contributed by atoms with Gasteiger partial charge < -0.3 is 15.4 Å². The Morgan fingerprint density at radius 3 is 2.48 bits per heavy atom. The number of benzene rings is 1. The van der Waals surface area contributed by atoms with Gasteiger partial charge in [-0.05, 0) is 31.2 Å². The van der Waals surface area contributed by atoms with Crippen LogP contribution in [0.5, 0.6) is 5.75 Å². The molecule has 0 radical (unpaired) electrons. The molecule has 110 valence electrons. The second-order valence-corrected chi connectivity index (χ2v) is 4.06. The van der Waals surface area contributed by atoms with Crippen molar-refractivity contribution in [1.82, 2.24) is 9.97 Å². The van der Waals surface area contributed by atoms with Gasteiger partial charge in [-0.25, -0.2) is 9.97 Å². The first kappa shape index (κ1) is 14.5. The molecular formula is C13H15N5O3. The van der Waals surface area contributed by atoms with E-state index in [4.69, 9.17) is 4.74 Å². The average molecular weight is 289 g/mol. The van der Waals surface area contributed by atoms with Crippen molar-refractivity contribution in [2.24, 2.45) is 0 Å². The zero-order chi connectivity index (χ0) is 15.2. The summed E-state index contributed by atoms with van der Waals surface area (Å²) in [6.07, 6.45) is 1.27. The molecular weight excluding hydrogens is 274 g/mol. The van der Waals surface area contributed by atoms with Crippen molar-refractivity contribution < 1.29 is 9.66 Å². The van der Waals surface area contributed by atoms with Crippen LogP contribution in [0.25, 0.3) is 0 Å². The highest BCUT2D eigenvalue weighted by Gasteiger charge is 2.22. The van der Waals surface area contributed by atoms with E-state index < -0.39 is 4.92 Å². The molecule has 0 saturated heterocycles. The summed E-state index contributed by atoms with van der Waals surface area (Å²) in [5.41, 5.74) is 0.482. The lowest BCUT2D eigenvalue weighted by Crippen LogP contribution is -2.07. The van der Waals surface area contributed by atoms with Gasteiger partial charge in [0.1, 0.15) is 12.1 Å². The maximum Gasteiger partial charge on any atom is 0.353 e. The number of nitrogens with zero attached hydrogens (tertiary/aromatic N) is 3. The molecule has 1 heterocycles. The van der Waals surface area contributed by atoms with E-state index in [1.165, 1.54) is 6.33 Å². The van der Waals surface area contributed by atoms with Crippen molar-refractivity contribution >= 4 is 23.0 Å². The number of nitro groups is 1. The van der Waals surface area contributed by atoms with Gasteiger partial charge in [0.25, 0.3) is 0 Å². The molecule has 21 heavy (non-hydrogen) atoms. The molecule has 0 unspecified atom stereocenters. The minimum Gasteiger partial charge on any atom is -0.497 e. The highest BCUT2D eigenvalue weighted by atomic mass is 16.6. The van der Waals surface area contributed by atoms with E-state index in [1.54, 1.807) is 31.4 Å². The van der Waals surface area contributed by atoms with E-state index in [0.717, 1.165) is 0 Å². The third-order valence-corrected chi connectivity index (χ3v) is 2.70. The fourth-order valence-corrected chi connectivity index (χ4v) is 1.75. The molecule has 0 aliphatic heterocycles. The Balaban J connectivity index is 2.33. The molecule has 8 heteroatoms. The Bertz CT molecular complexity index is 630. The van der Waals surface area contributed by atoms with E-state index in [-0.39, 0.29) is 17.3 Å². The molecule has 2 rings (SSSR count). The molecule has 2 aromatic rings. The predicted molar refractivity (Wildman–Crippen MR) is 79.1 cm³/mol. The molecule has 1 aromatic heterocycles. The van der Waals surface area contributed by atoms with Crippen LogP contribution in [0.3, 0.4) is 0 Å². The highest BCUT2D eigenvalue weighted by Crippen LogP contribution is 2.31. The summed E-state index contributed by atoms with van der Waals surface area (Å²) in [5, 5.41) is 17.0. The first-order valence-corrected chi connectivity index (χ1v) is 6.30. The summed E-state index contributed by atoms with van der Waals surface area (Å²) in [6, 6.07) is 7.00. The number of nitrogens with one attached hydrogen (secondary N) is 2. The lowest BCUT2D eigenvalue weighted by atomic mass is 10.3. The molecule has 0 bridgehead atoms. The van der Waals surface area contributed by atoms with Gasteiger partial charge in [0.05, 0.1) is 12.0 Å². The average Bonchev–Trinajstić information content (AvgIpc) is 2.48. The lowest BCUT2D eigenvalue weighted by molar-refractivity contribution is -0.383. The van der Waals surface area contributed by atoms with Gasteiger partial charge in [-0.2, -0.15) is 0 Å². The van der Waals surface area contributed by atoms with Crippen molar-refractivity contribution in [2.45, 2.75) is 6.92 Å². The van der Waals surface area contributed by atoms with Gasteiger partial charge in [0.15, 0.2) is 0 Å². The first-order valence-electron chi connectivity index (χ1n) is 6.30. The Morgan fingerprint density at radius 2 is 1.90 bits per heavy atom. The van der Waals surface area contributed by atoms with Crippen molar-refractivity contribution in [2.75, 3.05) is 24.3 Å². The van der Waals surface area contributed by atoms with Crippen LogP contribution in [0, 0.1) is 10.1 Å². The summed E-state index contributed by atoms with van der Waals surface area (Å²) >= 11 is 0. The number of methoxy groups -OCH3 is 1. The molecule has 0 aliphatic carbocycles. The molecule has 0 amide bonds. The molecule has 0 fully saturated rings. The Labute approximate surface area is 121 Å². The molecule has 0 aliphatic rings. The minimum absolute atomic E-state index is 0.135. The number of rotatable bonds is 6. The van der Waals surface area contributed by atoms with Crippen LogP contribution >= 0.6 is 0 Å². The zero-order valence-corrected chi connectivity index (χ0v) is 11.7. The summed E-state index contributed by atoms with van der Waals surface area (Å²) in [6.45, 7) is 2.36. The van der Waals surface area contributed by atoms with Gasteiger partial charge in [-0.3, -0.25) is 10.1 Å². The fraction of sp³-hybridized carbons (Fsp3) is 0.231. The van der Waals surface area contributed by atoms with E-state index in [1.807, 2.05) is 6.92 Å². The van der Waals surface area contributed by atoms with Gasteiger partial charge >= 0.3 is 5.69 Å². The van der Waals surface area contributed by atoms with Crippen molar-refractivity contribution in [3.63, 3.8) is 0 Å². The first-order chi connectivity index (χ1) is 10.2. The van der Waals surface area contributed by atoms with Crippen LogP contribution in [0.15, 0.2) is 30.6 Å². The highest BCUT2D eigenvalue weighted by molar-refractivity contribution is 5.73. The lowest BCUT2D eigenvalue weighted by Gasteiger charge is -2.09. The predicted octanol–water partition coefficient (Wildman–Crippen LogP) is 2.57. The van der Waals surface area contributed by atoms with Crippen LogP contribution in [0.4, 0.5) is 23.0 Å². The number of hydrogen-bond acceptors (Lipinski definition) is 7. The van der Waals surface area contributed by atoms with E-state index in [2.05, 4.69) is 20.6 Å². The van der Waals surface area contributed by atoms with Crippen molar-refractivity contribution in [3.05, 3.63) is 40.7 Å². The zero-order valence-electron chi connectivity index (χ0n) is 11.7. The van der Waals surface area contributed by atoms with Crippen LogP contribution in [0.1, 0.15) is 6.92 Å². The molecule has 0 saturated carbocycles. The van der Waals surface area contributed by atoms with Crippen LogP contribution in [-0.2, 0) is 0 Å². The maximum absolute atomic E-state index is 11.2. The summed E-state index contributed by atoms with van der Waals surface area (Å²) in [4.78, 5) is 18.6. The van der Waals surface area contributed by atoms with E-state index >= 15 is 0 Å². The Hall–Kier alpha value is -2.90. The Kier molecular flexibility index (Phi) is 4.50. The molecule has 2 N–H and O–H groups in total. The number of hydrogen-bond donors (Lipinski definition) is 2. The van der Waals surface area contributed by atoms with Gasteiger partial charge in [-0.1, -0.05) is 0 Å². The fourth-order valence-electron chi connectivity index (χ4n) is 1.75. The molecule has 0 spiro atoms. The van der Waals surface area contributed by atoms with Gasteiger partial charge in [-0.15, -0.1) is 0 Å². The van der Waals surface area contributed by atoms with Crippen LogP contribution in [0.2, 0.25) is 0 Å². The van der Waals surface area contributed by atoms with Crippen molar-refractivity contribution in [1.29, 1.82) is 0 Å². The van der Waals surface area contributed by atoms with Crippen LogP contribution in [-0.4, -0.2) is 28.5 Å². The second-order valence-electron chi connectivity index (χ2n) is 4.06. The second kappa shape index (κ2) is 6.51. The van der Waals surface area contributed by atoms with Gasteiger partial charge in [0, 0.05) is 12.2 Å². The third kappa shape index (κ3) is 3.35. The maximum atomic E-state index is 11.2. The normalized spacial score (nSPS) is 10.0. The molecule has 0 atom stereocenters. The third-order valence-electron chi connectivity index (χ3n) is 2.70. The van der Waals surface area contributed by atoms with Crippen molar-refractivity contribution in [3.8, 4) is 5.75 Å². The molecule has 1 aromatic carbocycles. The number of ether oxygens (including phenoxy) is 1. The van der Waals surface area contributed by atoms with E-state index in [9.17, 15) is 10.1 Å². The summed E-state index contributed by atoms with van der Waals surface area (Å²) in [7, 11) is 1.57. The van der Waals surface area contributed by atoms with Gasteiger partial charge in [0.2, 0.25) is 11.6 Å². The monoisotopic (exact) mass is 289 g/mol. The largest absolute Gasteiger partial charge is 0.497 e. The summed E-state index contributed by atoms with van der Waals surface area (Å²) < 4.78 is 5.06. The standard InChI is InChI=1S/C13H15N5O3/c1-3-14-12-11(18(19)20)13(16-8-15-12)17-9-4-6-10(21-2)7-5-9/h4-8H,3H2,1-2H3,(H2,14,15,16,17). The van der Waals surface area contributed by atoms with E-state index in [0.29, 0.717) is 18.0 Å². The topological polar surface area (TPSA) is 102 Å². The number of aromatic nitrogens is 2. The molecule has 8 nitrogen and oxygen atoms in total. The quantitative estimate of drug-likeness (QED) is 0.622. The summed E-state index contributed by atoms with van der Waals surface area (Å²) in [5.74, 6) is 1.02. The minimum atomic E-state index is -0.510. The SMILES string of the molecule is CCNc1ncnc(Nc2ccc(OC)cc2)c1[N+](=O)[O-]. The smallest absolute Gasteiger partial charge is 0.353 e. The Morgan fingerprint density at radius 1 is 1.24 bits per heavy atom.